The summed E-state index contributed by atoms with van der Waals surface area (Å²) in [4.78, 5) is 11.6. The molecule has 0 bridgehead atoms. The lowest BCUT2D eigenvalue weighted by atomic mass is 10.1. The third-order valence-electron chi connectivity index (χ3n) is 3.51. The van der Waals surface area contributed by atoms with Crippen molar-refractivity contribution < 1.29 is 9.53 Å². The summed E-state index contributed by atoms with van der Waals surface area (Å²) in [6.45, 7) is 3.12. The van der Waals surface area contributed by atoms with Crippen LogP contribution >= 0.6 is 0 Å². The standard InChI is InChI=1S/C16H24N2O2/c19-16(18-13-15-7-4-12-20-15)9-11-17-10-8-14-5-2-1-3-6-14/h1-3,5-6,15,17H,4,7-13H2,(H,18,19). The molecule has 4 nitrogen and oxygen atoms in total. The molecule has 0 saturated carbocycles. The van der Waals surface area contributed by atoms with Gasteiger partial charge in [-0.1, -0.05) is 30.3 Å². The van der Waals surface area contributed by atoms with Gasteiger partial charge in [0.25, 0.3) is 0 Å². The number of nitrogens with one attached hydrogen (secondary N) is 2. The van der Waals surface area contributed by atoms with Gasteiger partial charge in [-0.3, -0.25) is 4.79 Å². The van der Waals surface area contributed by atoms with Gasteiger partial charge in [0.15, 0.2) is 0 Å². The Labute approximate surface area is 120 Å². The van der Waals surface area contributed by atoms with E-state index in [4.69, 9.17) is 4.74 Å². The molecule has 2 rings (SSSR count). The molecular weight excluding hydrogens is 252 g/mol. The summed E-state index contributed by atoms with van der Waals surface area (Å²) in [7, 11) is 0. The summed E-state index contributed by atoms with van der Waals surface area (Å²) in [6, 6.07) is 10.4. The van der Waals surface area contributed by atoms with Crippen molar-refractivity contribution in [3.05, 3.63) is 35.9 Å². The Balaban J connectivity index is 1.47. The largest absolute Gasteiger partial charge is 0.376 e. The van der Waals surface area contributed by atoms with E-state index in [9.17, 15) is 4.79 Å². The fourth-order valence-corrected chi connectivity index (χ4v) is 2.33. The topological polar surface area (TPSA) is 50.4 Å². The Morgan fingerprint density at radius 2 is 2.10 bits per heavy atom. The molecule has 1 amide bonds. The van der Waals surface area contributed by atoms with Crippen molar-refractivity contribution in [2.24, 2.45) is 0 Å². The van der Waals surface area contributed by atoms with Gasteiger partial charge in [0, 0.05) is 26.1 Å². The van der Waals surface area contributed by atoms with E-state index in [0.29, 0.717) is 13.0 Å². The highest BCUT2D eigenvalue weighted by atomic mass is 16.5. The second kappa shape index (κ2) is 8.72. The Kier molecular flexibility index (Phi) is 6.54. The van der Waals surface area contributed by atoms with Crippen LogP contribution in [0.25, 0.3) is 0 Å². The molecule has 110 valence electrons. The number of carbonyl (C=O) groups excluding carboxylic acids is 1. The van der Waals surface area contributed by atoms with Crippen LogP contribution in [-0.4, -0.2) is 38.3 Å². The van der Waals surface area contributed by atoms with E-state index in [1.807, 2.05) is 18.2 Å². The predicted octanol–water partition coefficient (Wildman–Crippen LogP) is 1.50. The molecule has 20 heavy (non-hydrogen) atoms. The predicted molar refractivity (Wildman–Crippen MR) is 79.6 cm³/mol. The van der Waals surface area contributed by atoms with Gasteiger partial charge in [0.2, 0.25) is 5.91 Å². The highest BCUT2D eigenvalue weighted by Crippen LogP contribution is 2.10. The first kappa shape index (κ1) is 15.0. The first-order valence-electron chi connectivity index (χ1n) is 7.47. The summed E-state index contributed by atoms with van der Waals surface area (Å²) in [5, 5.41) is 6.23. The molecule has 0 aliphatic carbocycles. The van der Waals surface area contributed by atoms with Gasteiger partial charge in [-0.25, -0.2) is 0 Å². The molecule has 1 aliphatic rings. The maximum absolute atomic E-state index is 11.6. The molecule has 1 fully saturated rings. The lowest BCUT2D eigenvalue weighted by Gasteiger charge is -2.11. The highest BCUT2D eigenvalue weighted by molar-refractivity contribution is 5.76. The lowest BCUT2D eigenvalue weighted by Crippen LogP contribution is -2.33. The first-order chi connectivity index (χ1) is 9.84. The SMILES string of the molecule is O=C(CCNCCc1ccccc1)NCC1CCCO1. The van der Waals surface area contributed by atoms with Crippen molar-refractivity contribution >= 4 is 5.91 Å². The van der Waals surface area contributed by atoms with E-state index in [-0.39, 0.29) is 12.0 Å². The van der Waals surface area contributed by atoms with Crippen molar-refractivity contribution in [3.63, 3.8) is 0 Å². The minimum absolute atomic E-state index is 0.104. The van der Waals surface area contributed by atoms with Crippen LogP contribution in [0.15, 0.2) is 30.3 Å². The zero-order valence-corrected chi connectivity index (χ0v) is 11.9. The maximum atomic E-state index is 11.6. The summed E-state index contributed by atoms with van der Waals surface area (Å²) in [5.74, 6) is 0.104. The molecule has 1 aromatic rings. The monoisotopic (exact) mass is 276 g/mol. The number of ether oxygens (including phenoxy) is 1. The number of amides is 1. The number of hydrogen-bond acceptors (Lipinski definition) is 3. The normalized spacial score (nSPS) is 18.1. The Hall–Kier alpha value is -1.39. The van der Waals surface area contributed by atoms with E-state index in [2.05, 4.69) is 22.8 Å². The molecular formula is C16H24N2O2. The molecule has 1 unspecified atom stereocenters. The van der Waals surface area contributed by atoms with Gasteiger partial charge in [0.1, 0.15) is 0 Å². The summed E-state index contributed by atoms with van der Waals surface area (Å²) < 4.78 is 5.47. The fraction of sp³-hybridized carbons (Fsp3) is 0.562. The number of hydrogen-bond donors (Lipinski definition) is 2. The molecule has 1 saturated heterocycles. The third kappa shape index (κ3) is 5.72. The van der Waals surface area contributed by atoms with Crippen LogP contribution in [0, 0.1) is 0 Å². The van der Waals surface area contributed by atoms with Crippen LogP contribution in [-0.2, 0) is 16.0 Å². The molecule has 1 aromatic carbocycles. The van der Waals surface area contributed by atoms with E-state index in [0.717, 1.165) is 39.0 Å². The van der Waals surface area contributed by atoms with Crippen LogP contribution in [0.5, 0.6) is 0 Å². The lowest BCUT2D eigenvalue weighted by molar-refractivity contribution is -0.121. The summed E-state index contributed by atoms with van der Waals surface area (Å²) in [5.41, 5.74) is 1.32. The minimum Gasteiger partial charge on any atom is -0.376 e. The third-order valence-corrected chi connectivity index (χ3v) is 3.51. The molecule has 1 atom stereocenters. The van der Waals surface area contributed by atoms with Crippen molar-refractivity contribution in [1.82, 2.24) is 10.6 Å². The molecule has 4 heteroatoms. The average Bonchev–Trinajstić information content (AvgIpc) is 2.99. The molecule has 0 spiro atoms. The van der Waals surface area contributed by atoms with Gasteiger partial charge < -0.3 is 15.4 Å². The summed E-state index contributed by atoms with van der Waals surface area (Å²) in [6.07, 6.45) is 3.93. The molecule has 0 radical (unpaired) electrons. The van der Waals surface area contributed by atoms with Crippen LogP contribution in [0.4, 0.5) is 0 Å². The smallest absolute Gasteiger partial charge is 0.221 e. The quantitative estimate of drug-likeness (QED) is 0.708. The van der Waals surface area contributed by atoms with Crippen molar-refractivity contribution in [1.29, 1.82) is 0 Å². The van der Waals surface area contributed by atoms with Gasteiger partial charge in [-0.2, -0.15) is 0 Å². The van der Waals surface area contributed by atoms with Gasteiger partial charge in [0.05, 0.1) is 6.10 Å². The van der Waals surface area contributed by atoms with Gasteiger partial charge in [-0.05, 0) is 31.4 Å². The number of benzene rings is 1. The number of rotatable bonds is 8. The molecule has 1 heterocycles. The molecule has 1 aliphatic heterocycles. The van der Waals surface area contributed by atoms with Crippen molar-refractivity contribution in [2.75, 3.05) is 26.2 Å². The highest BCUT2D eigenvalue weighted by Gasteiger charge is 2.15. The fourth-order valence-electron chi connectivity index (χ4n) is 2.33. The Bertz CT molecular complexity index is 389. The first-order valence-corrected chi connectivity index (χ1v) is 7.47. The van der Waals surface area contributed by atoms with Crippen LogP contribution in [0.3, 0.4) is 0 Å². The molecule has 0 aromatic heterocycles. The average molecular weight is 276 g/mol. The van der Waals surface area contributed by atoms with Crippen LogP contribution in [0.1, 0.15) is 24.8 Å². The zero-order valence-electron chi connectivity index (χ0n) is 11.9. The zero-order chi connectivity index (χ0) is 14.0. The van der Waals surface area contributed by atoms with E-state index in [1.54, 1.807) is 0 Å². The van der Waals surface area contributed by atoms with Crippen molar-refractivity contribution in [2.45, 2.75) is 31.8 Å². The van der Waals surface area contributed by atoms with Gasteiger partial charge >= 0.3 is 0 Å². The second-order valence-electron chi connectivity index (χ2n) is 5.17. The van der Waals surface area contributed by atoms with E-state index < -0.39 is 0 Å². The Morgan fingerprint density at radius 3 is 2.85 bits per heavy atom. The minimum atomic E-state index is 0.104. The van der Waals surface area contributed by atoms with E-state index >= 15 is 0 Å². The van der Waals surface area contributed by atoms with Crippen molar-refractivity contribution in [3.8, 4) is 0 Å². The Morgan fingerprint density at radius 1 is 1.25 bits per heavy atom. The van der Waals surface area contributed by atoms with Crippen LogP contribution < -0.4 is 10.6 Å². The maximum Gasteiger partial charge on any atom is 0.221 e. The van der Waals surface area contributed by atoms with E-state index in [1.165, 1.54) is 5.56 Å². The molecule has 2 N–H and O–H groups in total. The summed E-state index contributed by atoms with van der Waals surface area (Å²) >= 11 is 0. The van der Waals surface area contributed by atoms with Gasteiger partial charge in [-0.15, -0.1) is 0 Å². The van der Waals surface area contributed by atoms with Crippen LogP contribution in [0.2, 0.25) is 0 Å². The second-order valence-corrected chi connectivity index (χ2v) is 5.17. The number of carbonyl (C=O) groups is 1.